The molecule has 170 valence electrons. The van der Waals surface area contributed by atoms with E-state index in [1.54, 1.807) is 0 Å². The normalized spacial score (nSPS) is 18.8. The van der Waals surface area contributed by atoms with Crippen LogP contribution in [0.25, 0.3) is 0 Å². The molecule has 0 amide bonds. The number of hydrogen-bond donors (Lipinski definition) is 1. The molecule has 7 heteroatoms. The Balaban J connectivity index is 1.36. The summed E-state index contributed by atoms with van der Waals surface area (Å²) in [5, 5.41) is 5.40. The van der Waals surface area contributed by atoms with Gasteiger partial charge in [0.15, 0.2) is 0 Å². The molecule has 3 aromatic rings. The second-order valence-electron chi connectivity index (χ2n) is 8.45. The Kier molecular flexibility index (Phi) is 6.79. The van der Waals surface area contributed by atoms with Crippen LogP contribution in [0, 0.1) is 0 Å². The van der Waals surface area contributed by atoms with Crippen LogP contribution >= 0.6 is 34.8 Å². The van der Waals surface area contributed by atoms with Crippen molar-refractivity contribution in [2.45, 2.75) is 12.6 Å². The van der Waals surface area contributed by atoms with Crippen molar-refractivity contribution in [3.05, 3.63) is 98.5 Å². The number of nitrogens with zero attached hydrogens (tertiary/aromatic N) is 3. The summed E-state index contributed by atoms with van der Waals surface area (Å²) in [5.41, 5.74) is 4.67. The summed E-state index contributed by atoms with van der Waals surface area (Å²) in [4.78, 5) is 9.39. The van der Waals surface area contributed by atoms with Crippen LogP contribution in [0.3, 0.4) is 0 Å². The van der Waals surface area contributed by atoms with Gasteiger partial charge in [-0.25, -0.2) is 0 Å². The number of benzene rings is 3. The number of anilines is 1. The van der Waals surface area contributed by atoms with Crippen LogP contribution in [-0.4, -0.2) is 43.5 Å². The Hall–Kier alpha value is -2.24. The molecule has 0 spiro atoms. The number of amidine groups is 1. The Morgan fingerprint density at radius 3 is 2.33 bits per heavy atom. The van der Waals surface area contributed by atoms with Gasteiger partial charge in [-0.2, -0.15) is 0 Å². The van der Waals surface area contributed by atoms with Crippen LogP contribution in [0.5, 0.6) is 0 Å². The van der Waals surface area contributed by atoms with Crippen molar-refractivity contribution in [1.29, 1.82) is 0 Å². The largest absolute Gasteiger partial charge is 0.368 e. The van der Waals surface area contributed by atoms with Crippen molar-refractivity contribution in [2.24, 2.45) is 4.99 Å². The van der Waals surface area contributed by atoms with E-state index in [-0.39, 0.29) is 6.04 Å². The highest BCUT2D eigenvalue weighted by Gasteiger charge is 2.29. The second-order valence-corrected chi connectivity index (χ2v) is 9.73. The maximum Gasteiger partial charge on any atom is 0.128 e. The molecule has 1 atom stereocenters. The van der Waals surface area contributed by atoms with Gasteiger partial charge in [-0.3, -0.25) is 9.89 Å². The predicted octanol–water partition coefficient (Wildman–Crippen LogP) is 6.06. The predicted molar refractivity (Wildman–Crippen MR) is 139 cm³/mol. The summed E-state index contributed by atoms with van der Waals surface area (Å²) in [5.74, 6) is 0.998. The molecule has 4 nitrogen and oxygen atoms in total. The fourth-order valence-corrected chi connectivity index (χ4v) is 5.22. The molecule has 1 saturated heterocycles. The Labute approximate surface area is 209 Å². The summed E-state index contributed by atoms with van der Waals surface area (Å²) in [7, 11) is 0. The van der Waals surface area contributed by atoms with Crippen LogP contribution in [0.2, 0.25) is 15.1 Å². The van der Waals surface area contributed by atoms with E-state index < -0.39 is 0 Å². The first-order valence-electron chi connectivity index (χ1n) is 11.1. The molecule has 0 radical (unpaired) electrons. The van der Waals surface area contributed by atoms with Gasteiger partial charge < -0.3 is 10.2 Å². The van der Waals surface area contributed by atoms with Gasteiger partial charge in [0, 0.05) is 48.3 Å². The topological polar surface area (TPSA) is 30.9 Å². The van der Waals surface area contributed by atoms with Gasteiger partial charge in [0.25, 0.3) is 0 Å². The number of hydrogen-bond acceptors (Lipinski definition) is 4. The Bertz CT molecular complexity index is 1150. The van der Waals surface area contributed by atoms with Gasteiger partial charge in [0.1, 0.15) is 5.84 Å². The lowest BCUT2D eigenvalue weighted by Gasteiger charge is -2.43. The lowest BCUT2D eigenvalue weighted by molar-refractivity contribution is 0.215. The molecule has 0 saturated carbocycles. The molecule has 2 heterocycles. The van der Waals surface area contributed by atoms with E-state index in [2.05, 4.69) is 56.5 Å². The standard InChI is InChI=1S/C26H25Cl3N4/c27-21-7-5-19(6-8-21)25-17-32(13-14-33(25)24-10-9-22(28)15-23(24)29)16-18-1-3-20(4-2-18)26-30-11-12-31-26/h1-10,15,25H,11-14,16-17H2,(H,30,31)/t25-/m0/s1. The monoisotopic (exact) mass is 498 g/mol. The van der Waals surface area contributed by atoms with Gasteiger partial charge in [0.05, 0.1) is 23.3 Å². The van der Waals surface area contributed by atoms with Gasteiger partial charge in [-0.1, -0.05) is 71.2 Å². The highest BCUT2D eigenvalue weighted by molar-refractivity contribution is 6.36. The van der Waals surface area contributed by atoms with Gasteiger partial charge in [0.2, 0.25) is 0 Å². The van der Waals surface area contributed by atoms with E-state index in [0.717, 1.165) is 61.4 Å². The Morgan fingerprint density at radius 2 is 1.64 bits per heavy atom. The Morgan fingerprint density at radius 1 is 0.879 bits per heavy atom. The highest BCUT2D eigenvalue weighted by atomic mass is 35.5. The molecule has 33 heavy (non-hydrogen) atoms. The average molecular weight is 500 g/mol. The van der Waals surface area contributed by atoms with Crippen molar-refractivity contribution < 1.29 is 0 Å². The highest BCUT2D eigenvalue weighted by Crippen LogP contribution is 2.37. The van der Waals surface area contributed by atoms with E-state index in [1.165, 1.54) is 11.1 Å². The maximum atomic E-state index is 6.60. The van der Waals surface area contributed by atoms with E-state index in [1.807, 2.05) is 30.3 Å². The average Bonchev–Trinajstić information content (AvgIpc) is 3.36. The smallest absolute Gasteiger partial charge is 0.128 e. The van der Waals surface area contributed by atoms with Gasteiger partial charge in [-0.15, -0.1) is 0 Å². The fourth-order valence-electron chi connectivity index (χ4n) is 4.57. The molecule has 3 aromatic carbocycles. The zero-order valence-corrected chi connectivity index (χ0v) is 20.4. The fraction of sp³-hybridized carbons (Fsp3) is 0.269. The first kappa shape index (κ1) is 22.5. The van der Waals surface area contributed by atoms with Gasteiger partial charge in [-0.05, 0) is 41.5 Å². The summed E-state index contributed by atoms with van der Waals surface area (Å²) in [6.45, 7) is 5.37. The lowest BCUT2D eigenvalue weighted by atomic mass is 10.0. The summed E-state index contributed by atoms with van der Waals surface area (Å²) in [6.07, 6.45) is 0. The molecular weight excluding hydrogens is 475 g/mol. The summed E-state index contributed by atoms with van der Waals surface area (Å²) in [6, 6.07) is 22.7. The molecule has 1 fully saturated rings. The molecule has 2 aliphatic heterocycles. The third-order valence-electron chi connectivity index (χ3n) is 6.25. The van der Waals surface area contributed by atoms with Crippen LogP contribution in [0.1, 0.15) is 22.7 Å². The first-order valence-corrected chi connectivity index (χ1v) is 12.3. The molecule has 2 aliphatic rings. The van der Waals surface area contributed by atoms with Crippen LogP contribution < -0.4 is 10.2 Å². The maximum absolute atomic E-state index is 6.60. The van der Waals surface area contributed by atoms with E-state index in [4.69, 9.17) is 34.8 Å². The SMILES string of the molecule is Clc1ccc([C@@H]2CN(Cc3ccc(C4=NCCN4)cc3)CCN2c2ccc(Cl)cc2Cl)cc1. The van der Waals surface area contributed by atoms with E-state index in [0.29, 0.717) is 10.0 Å². The van der Waals surface area contributed by atoms with Crippen molar-refractivity contribution >= 4 is 46.3 Å². The van der Waals surface area contributed by atoms with Gasteiger partial charge >= 0.3 is 0 Å². The minimum absolute atomic E-state index is 0.158. The van der Waals surface area contributed by atoms with Crippen molar-refractivity contribution in [2.75, 3.05) is 37.6 Å². The zero-order chi connectivity index (χ0) is 22.8. The lowest BCUT2D eigenvalue weighted by Crippen LogP contribution is -2.48. The summed E-state index contributed by atoms with van der Waals surface area (Å²) < 4.78 is 0. The van der Waals surface area contributed by atoms with Crippen molar-refractivity contribution in [1.82, 2.24) is 10.2 Å². The van der Waals surface area contributed by atoms with E-state index in [9.17, 15) is 0 Å². The number of piperazine rings is 1. The first-order chi connectivity index (χ1) is 16.1. The molecule has 0 aliphatic carbocycles. The molecule has 0 unspecified atom stereocenters. The summed E-state index contributed by atoms with van der Waals surface area (Å²) >= 11 is 18.9. The molecule has 0 bridgehead atoms. The van der Waals surface area contributed by atoms with Crippen LogP contribution in [0.15, 0.2) is 71.7 Å². The van der Waals surface area contributed by atoms with Crippen LogP contribution in [0.4, 0.5) is 5.69 Å². The number of rotatable bonds is 5. The minimum atomic E-state index is 0.158. The third-order valence-corrected chi connectivity index (χ3v) is 7.04. The molecular formula is C26H25Cl3N4. The zero-order valence-electron chi connectivity index (χ0n) is 18.1. The third kappa shape index (κ3) is 5.15. The molecule has 1 N–H and O–H groups in total. The molecule has 0 aromatic heterocycles. The minimum Gasteiger partial charge on any atom is -0.368 e. The van der Waals surface area contributed by atoms with Crippen LogP contribution in [-0.2, 0) is 6.54 Å². The quantitative estimate of drug-likeness (QED) is 0.463. The number of aliphatic imine (C=N–C) groups is 1. The number of nitrogens with one attached hydrogen (secondary N) is 1. The number of halogens is 3. The van der Waals surface area contributed by atoms with E-state index >= 15 is 0 Å². The second kappa shape index (κ2) is 9.94. The van der Waals surface area contributed by atoms with Crippen molar-refractivity contribution in [3.63, 3.8) is 0 Å². The van der Waals surface area contributed by atoms with Crippen molar-refractivity contribution in [3.8, 4) is 0 Å². The molecule has 5 rings (SSSR count).